The van der Waals surface area contributed by atoms with Gasteiger partial charge in [-0.3, -0.25) is 9.36 Å². The van der Waals surface area contributed by atoms with Crippen LogP contribution in [0.15, 0.2) is 91.0 Å². The molecular formula is C32H45Cl6N2O6P. The monoisotopic (exact) mass is 794 g/mol. The van der Waals surface area contributed by atoms with Crippen molar-refractivity contribution >= 4 is 79.2 Å². The molecule has 0 spiro atoms. The Bertz CT molecular complexity index is 1290. The number of hydrogen-bond acceptors (Lipinski definition) is 6. The highest BCUT2D eigenvalue weighted by atomic mass is 36.0. The zero-order valence-corrected chi connectivity index (χ0v) is 31.8. The first-order chi connectivity index (χ1) is 20.9. The van der Waals surface area contributed by atoms with Gasteiger partial charge in [-0.2, -0.15) is 0 Å². The predicted molar refractivity (Wildman–Crippen MR) is 196 cm³/mol. The van der Waals surface area contributed by atoms with E-state index < -0.39 is 11.3 Å². The molecule has 3 aromatic carbocycles. The number of alkyl halides is 1. The van der Waals surface area contributed by atoms with Crippen molar-refractivity contribution in [3.8, 4) is 0 Å². The van der Waals surface area contributed by atoms with Crippen LogP contribution >= 0.6 is 62.1 Å². The molecule has 0 aliphatic rings. The number of nitrogens with zero attached hydrogens (tertiary/aromatic N) is 2. The Morgan fingerprint density at radius 3 is 1.43 bits per heavy atom. The molecular weight excluding hydrogens is 752 g/mol. The molecule has 0 radical (unpaired) electrons. The molecule has 0 aliphatic heterocycles. The Labute approximate surface area is 310 Å². The third kappa shape index (κ3) is 31.2. The van der Waals surface area contributed by atoms with Gasteiger partial charge in [0.2, 0.25) is 0 Å². The summed E-state index contributed by atoms with van der Waals surface area (Å²) >= 11 is 25.3. The van der Waals surface area contributed by atoms with Crippen LogP contribution in [0.2, 0.25) is 0 Å². The van der Waals surface area contributed by atoms with E-state index in [9.17, 15) is 14.2 Å². The van der Waals surface area contributed by atoms with E-state index in [2.05, 4.69) is 33.7 Å². The lowest BCUT2D eigenvalue weighted by atomic mass is 10.2. The minimum atomic E-state index is -3.22. The van der Waals surface area contributed by atoms with Gasteiger partial charge >= 0.3 is 11.2 Å². The molecule has 1 amide bonds. The maximum Gasteiger partial charge on any atom is 0.339 e. The van der Waals surface area contributed by atoms with E-state index >= 15 is 0 Å². The van der Waals surface area contributed by atoms with Crippen LogP contribution in [-0.2, 0) is 9.30 Å². The molecule has 15 heteroatoms. The van der Waals surface area contributed by atoms with E-state index in [-0.39, 0.29) is 44.4 Å². The zero-order valence-electron chi connectivity index (χ0n) is 26.4. The Kier molecular flexibility index (Phi) is 33.4. The summed E-state index contributed by atoms with van der Waals surface area (Å²) in [5.41, 5.74) is 2.34. The van der Waals surface area contributed by atoms with Crippen LogP contribution in [0, 0.1) is 0 Å². The number of amides is 1. The van der Waals surface area contributed by atoms with E-state index in [1.165, 1.54) is 6.92 Å². The fraction of sp³-hybridized carbons (Fsp3) is 0.344. The Morgan fingerprint density at radius 1 is 0.830 bits per heavy atom. The molecule has 3 rings (SSSR count). The Balaban J connectivity index is -0.000000255. The molecule has 0 fully saturated rings. The van der Waals surface area contributed by atoms with E-state index in [0.717, 1.165) is 16.3 Å². The van der Waals surface area contributed by atoms with E-state index in [1.807, 2.05) is 85.4 Å². The van der Waals surface area contributed by atoms with Crippen molar-refractivity contribution in [3.05, 3.63) is 108 Å². The molecule has 0 aromatic heterocycles. The fourth-order valence-corrected chi connectivity index (χ4v) is 2.72. The predicted octanol–water partition coefficient (Wildman–Crippen LogP) is 5.61. The van der Waals surface area contributed by atoms with E-state index in [0.29, 0.717) is 11.4 Å². The van der Waals surface area contributed by atoms with Crippen molar-refractivity contribution in [1.29, 1.82) is 0 Å². The second-order valence-electron chi connectivity index (χ2n) is 9.28. The van der Waals surface area contributed by atoms with Crippen LogP contribution in [0.1, 0.15) is 47.6 Å². The van der Waals surface area contributed by atoms with Crippen molar-refractivity contribution in [1.82, 2.24) is 4.90 Å². The summed E-state index contributed by atoms with van der Waals surface area (Å²) in [6.07, 6.45) is -0.802. The number of benzene rings is 3. The lowest BCUT2D eigenvalue weighted by molar-refractivity contribution is -0.461. The third-order valence-electron chi connectivity index (χ3n) is 4.63. The van der Waals surface area contributed by atoms with Gasteiger partial charge in [0, 0.05) is 19.7 Å². The highest BCUT2D eigenvalue weighted by molar-refractivity contribution is 8.24. The van der Waals surface area contributed by atoms with Crippen molar-refractivity contribution < 1.29 is 46.1 Å². The highest BCUT2D eigenvalue weighted by Crippen LogP contribution is 2.61. The van der Waals surface area contributed by atoms with Crippen LogP contribution in [0.5, 0.6) is 0 Å². The molecule has 2 atom stereocenters. The van der Waals surface area contributed by atoms with Crippen LogP contribution in [-0.4, -0.2) is 89.6 Å². The maximum atomic E-state index is 11.3. The summed E-state index contributed by atoms with van der Waals surface area (Å²) in [6.45, 7) is 3.15. The molecule has 0 saturated heterocycles. The van der Waals surface area contributed by atoms with Crippen molar-refractivity contribution in [3.63, 3.8) is 0 Å². The van der Waals surface area contributed by atoms with Crippen LogP contribution in [0.4, 0.5) is 0 Å². The van der Waals surface area contributed by atoms with Gasteiger partial charge < -0.3 is 32.3 Å². The Morgan fingerprint density at radius 2 is 1.15 bits per heavy atom. The molecule has 0 bridgehead atoms. The normalized spacial score (nSPS) is 10.6. The van der Waals surface area contributed by atoms with Gasteiger partial charge in [0.1, 0.15) is 20.2 Å². The molecule has 8 nitrogen and oxygen atoms in total. The number of rotatable bonds is 6. The summed E-state index contributed by atoms with van der Waals surface area (Å²) in [5.74, 6) is 0.0396. The van der Waals surface area contributed by atoms with Crippen molar-refractivity contribution in [2.75, 3.05) is 40.7 Å². The Hall–Kier alpha value is -1.84. The van der Waals surface area contributed by atoms with Gasteiger partial charge in [-0.1, -0.05) is 62.0 Å². The van der Waals surface area contributed by atoms with Crippen molar-refractivity contribution in [2.45, 2.75) is 33.5 Å². The summed E-state index contributed by atoms with van der Waals surface area (Å²) in [7, 11) is 7.34. The lowest BCUT2D eigenvalue weighted by Crippen LogP contribution is -3.00. The fourth-order valence-electron chi connectivity index (χ4n) is 2.53. The second-order valence-corrected chi connectivity index (χ2v) is 16.6. The number of carbonyl (C=O) groups is 2. The van der Waals surface area contributed by atoms with Gasteiger partial charge in [-0.25, -0.2) is 9.37 Å². The van der Waals surface area contributed by atoms with Crippen molar-refractivity contribution in [2.24, 2.45) is 0 Å². The minimum Gasteiger partial charge on any atom is -1.00 e. The minimum absolute atomic E-state index is 0. The summed E-state index contributed by atoms with van der Waals surface area (Å²) in [6, 6.07) is 28.0. The molecule has 3 aromatic rings. The van der Waals surface area contributed by atoms with Gasteiger partial charge in [0.25, 0.3) is 11.1 Å². The average molecular weight is 797 g/mol. The first-order valence-corrected chi connectivity index (χ1v) is 18.6. The molecule has 47 heavy (non-hydrogen) atoms. The topological polar surface area (TPSA) is 107 Å². The van der Waals surface area contributed by atoms with Gasteiger partial charge in [0.15, 0.2) is 0 Å². The van der Waals surface area contributed by atoms with E-state index in [4.69, 9.17) is 38.2 Å². The van der Waals surface area contributed by atoms with Gasteiger partial charge in [-0.05, 0) is 95.6 Å². The summed E-state index contributed by atoms with van der Waals surface area (Å²) in [5, 5.41) is 13.6. The van der Waals surface area contributed by atoms with E-state index in [1.54, 1.807) is 50.2 Å². The first-order valence-electron chi connectivity index (χ1n) is 13.3. The summed E-state index contributed by atoms with van der Waals surface area (Å²) < 4.78 is 16.4. The van der Waals surface area contributed by atoms with Gasteiger partial charge in [-0.15, -0.1) is 11.6 Å². The molecule has 0 unspecified atom stereocenters. The zero-order chi connectivity index (χ0) is 35.0. The number of aliphatic hydroxyl groups is 2. The number of carbonyl (C=O) groups excluding carboxylic acids is 2. The number of aliphatic hydroxyl groups excluding tert-OH is 2. The molecule has 0 heterocycles. The standard InChI is InChI=1S/C10H11ClO2.C9H11ClN.C9H11NO.C3H8O2.CH4.Cl3OP.ClH/c1-8(7-11)13-10(12)9-5-3-2-4-6-9;1-11(2)9(10)8-6-4-3-5-7-8;1-10(2)9(11)8-6-4-3-5-7-8;1-3(5)2-4;;1-5(2,3)4;/h2-6,8H,7H2,1H3;2*3-7H,1-2H3;3-5H,2H2,1H3;1H4;;1H/q;+1;;;;;/p-1/t8-;;;3-;;;/m1..1.../s1. The third-order valence-corrected chi connectivity index (χ3v) is 5.62. The number of ether oxygens (including phenoxy) is 1. The SMILES string of the molecule is C.CN(C)C(=O)c1ccccc1.C[C@@H](O)CO.C[C@H](CCl)OC(=O)c1ccccc1.C[N+](C)=C(Cl)c1ccccc1.O=P(Cl)(Cl)Cl.[Cl-]. The largest absolute Gasteiger partial charge is 1.00 e. The number of hydrogen-bond donors (Lipinski definition) is 2. The molecule has 2 N–H and O–H groups in total. The molecule has 266 valence electrons. The molecule has 0 saturated carbocycles. The smallest absolute Gasteiger partial charge is 0.339 e. The second kappa shape index (κ2) is 30.2. The average Bonchev–Trinajstić information content (AvgIpc) is 3.01. The highest BCUT2D eigenvalue weighted by Gasteiger charge is 2.10. The number of esters is 1. The summed E-state index contributed by atoms with van der Waals surface area (Å²) in [4.78, 5) is 24.2. The van der Waals surface area contributed by atoms with Gasteiger partial charge in [0.05, 0.1) is 29.7 Å². The maximum absolute atomic E-state index is 11.3. The quantitative estimate of drug-likeness (QED) is 0.111. The van der Waals surface area contributed by atoms with Crippen LogP contribution in [0.3, 0.4) is 0 Å². The first kappa shape index (κ1) is 52.0. The van der Waals surface area contributed by atoms with Crippen LogP contribution < -0.4 is 12.4 Å². The molecule has 0 aliphatic carbocycles. The number of halogens is 6. The lowest BCUT2D eigenvalue weighted by Gasteiger charge is -2.09. The van der Waals surface area contributed by atoms with Crippen LogP contribution in [0.25, 0.3) is 0 Å².